The second kappa shape index (κ2) is 5.16. The lowest BCUT2D eigenvalue weighted by molar-refractivity contribution is -0.149. The maximum Gasteiger partial charge on any atom is 0.311 e. The molecule has 0 aliphatic carbocycles. The zero-order chi connectivity index (χ0) is 15.7. The van der Waals surface area contributed by atoms with E-state index in [1.165, 1.54) is 5.01 Å². The van der Waals surface area contributed by atoms with Gasteiger partial charge in [-0.2, -0.15) is 15.6 Å². The quantitative estimate of drug-likeness (QED) is 0.775. The van der Waals surface area contributed by atoms with Crippen molar-refractivity contribution in [1.82, 2.24) is 5.01 Å². The Hall–Kier alpha value is -2.86. The molecular formula is C16H14N4O2. The summed E-state index contributed by atoms with van der Waals surface area (Å²) < 4.78 is 5.14. The summed E-state index contributed by atoms with van der Waals surface area (Å²) in [6, 6.07) is 11.2. The zero-order valence-corrected chi connectivity index (χ0v) is 12.1. The summed E-state index contributed by atoms with van der Waals surface area (Å²) >= 11 is 0. The number of nitrogens with zero attached hydrogens (tertiary/aromatic N) is 4. The summed E-state index contributed by atoms with van der Waals surface area (Å²) in [6.07, 6.45) is 1.72. The molecule has 0 bridgehead atoms. The predicted octanol–water partition coefficient (Wildman–Crippen LogP) is 1.75. The molecule has 0 aromatic heterocycles. The smallest absolute Gasteiger partial charge is 0.311 e. The molecule has 2 aliphatic heterocycles. The zero-order valence-electron chi connectivity index (χ0n) is 12.1. The molecule has 110 valence electrons. The third-order valence-corrected chi connectivity index (χ3v) is 4.15. The van der Waals surface area contributed by atoms with E-state index >= 15 is 0 Å². The molecule has 2 unspecified atom stereocenters. The van der Waals surface area contributed by atoms with Crippen LogP contribution in [0, 0.1) is 28.6 Å². The van der Waals surface area contributed by atoms with E-state index in [1.54, 1.807) is 13.1 Å². The molecule has 2 atom stereocenters. The fraction of sp³-hybridized carbons (Fsp3) is 0.375. The van der Waals surface area contributed by atoms with Crippen molar-refractivity contribution in [2.45, 2.75) is 24.9 Å². The highest BCUT2D eigenvalue weighted by atomic mass is 16.5. The number of carbonyl (C=O) groups excluding carboxylic acids is 1. The van der Waals surface area contributed by atoms with E-state index in [0.29, 0.717) is 0 Å². The number of carbonyl (C=O) groups is 1. The minimum Gasteiger partial charge on any atom is -0.466 e. The Morgan fingerprint density at radius 2 is 2.18 bits per heavy atom. The van der Waals surface area contributed by atoms with Crippen molar-refractivity contribution < 1.29 is 9.53 Å². The molecule has 0 saturated carbocycles. The third-order valence-electron chi connectivity index (χ3n) is 4.15. The van der Waals surface area contributed by atoms with Crippen LogP contribution in [0.15, 0.2) is 29.4 Å². The van der Waals surface area contributed by atoms with E-state index in [-0.39, 0.29) is 13.0 Å². The fourth-order valence-corrected chi connectivity index (χ4v) is 3.15. The number of ether oxygens (including phenoxy) is 1. The van der Waals surface area contributed by atoms with Crippen molar-refractivity contribution in [2.24, 2.45) is 11.0 Å². The first kappa shape index (κ1) is 14.1. The van der Waals surface area contributed by atoms with Crippen molar-refractivity contribution in [3.63, 3.8) is 0 Å². The highest BCUT2D eigenvalue weighted by Gasteiger charge is 2.57. The van der Waals surface area contributed by atoms with Gasteiger partial charge in [0.25, 0.3) is 0 Å². The van der Waals surface area contributed by atoms with Crippen molar-refractivity contribution in [3.05, 3.63) is 35.4 Å². The lowest BCUT2D eigenvalue weighted by Crippen LogP contribution is -2.40. The van der Waals surface area contributed by atoms with E-state index in [4.69, 9.17) is 4.74 Å². The van der Waals surface area contributed by atoms with Gasteiger partial charge in [-0.3, -0.25) is 9.80 Å². The van der Waals surface area contributed by atoms with Gasteiger partial charge in [0.15, 0.2) is 0 Å². The highest BCUT2D eigenvalue weighted by molar-refractivity contribution is 5.85. The van der Waals surface area contributed by atoms with Crippen LogP contribution in [0.5, 0.6) is 0 Å². The average molecular weight is 294 g/mol. The van der Waals surface area contributed by atoms with E-state index in [9.17, 15) is 15.3 Å². The largest absolute Gasteiger partial charge is 0.466 e. The topological polar surface area (TPSA) is 89.5 Å². The average Bonchev–Trinajstić information content (AvgIpc) is 2.91. The first-order chi connectivity index (χ1) is 10.7. The van der Waals surface area contributed by atoms with Gasteiger partial charge in [-0.05, 0) is 18.1 Å². The van der Waals surface area contributed by atoms with E-state index < -0.39 is 23.5 Å². The standard InChI is InChI=1S/C16H14N4O2/c1-2-22-15(21)13-7-16(9-17,10-18)20-14(13)12-6-4-3-5-11(12)8-19-20/h3-6,8,13-14H,2,7H2,1H3. The van der Waals surface area contributed by atoms with E-state index in [1.807, 2.05) is 36.4 Å². The minimum atomic E-state index is -1.44. The minimum absolute atomic E-state index is 0.0924. The van der Waals surface area contributed by atoms with Crippen molar-refractivity contribution in [3.8, 4) is 12.1 Å². The number of fused-ring (bicyclic) bond motifs is 3. The summed E-state index contributed by atoms with van der Waals surface area (Å²) in [7, 11) is 0. The first-order valence-corrected chi connectivity index (χ1v) is 7.08. The molecule has 22 heavy (non-hydrogen) atoms. The summed E-state index contributed by atoms with van der Waals surface area (Å²) in [5.74, 6) is -0.977. The van der Waals surface area contributed by atoms with Crippen molar-refractivity contribution in [2.75, 3.05) is 6.61 Å². The number of esters is 1. The highest BCUT2D eigenvalue weighted by Crippen LogP contribution is 2.49. The Morgan fingerprint density at radius 3 is 2.86 bits per heavy atom. The van der Waals surface area contributed by atoms with Crippen LogP contribution in [-0.4, -0.2) is 29.3 Å². The number of benzene rings is 1. The number of hydrazone groups is 1. The van der Waals surface area contributed by atoms with Crippen LogP contribution in [0.3, 0.4) is 0 Å². The van der Waals surface area contributed by atoms with Gasteiger partial charge in [-0.1, -0.05) is 24.3 Å². The number of hydrogen-bond acceptors (Lipinski definition) is 6. The van der Waals surface area contributed by atoms with Crippen molar-refractivity contribution >= 4 is 12.2 Å². The van der Waals surface area contributed by atoms with Crippen molar-refractivity contribution in [1.29, 1.82) is 10.5 Å². The molecule has 0 N–H and O–H groups in total. The molecule has 1 aromatic carbocycles. The molecule has 6 heteroatoms. The Labute approximate surface area is 128 Å². The SMILES string of the molecule is CCOC(=O)C1CC(C#N)(C#N)N2N=Cc3ccccc3C12. The number of hydrogen-bond donors (Lipinski definition) is 0. The van der Waals surface area contributed by atoms with Crippen LogP contribution < -0.4 is 0 Å². The van der Waals surface area contributed by atoms with Gasteiger partial charge in [-0.15, -0.1) is 0 Å². The van der Waals surface area contributed by atoms with E-state index in [2.05, 4.69) is 5.10 Å². The molecule has 0 spiro atoms. The molecule has 0 amide bonds. The van der Waals surface area contributed by atoms with Gasteiger partial charge < -0.3 is 4.74 Å². The lowest BCUT2D eigenvalue weighted by atomic mass is 9.88. The molecule has 1 fully saturated rings. The Morgan fingerprint density at radius 1 is 1.45 bits per heavy atom. The first-order valence-electron chi connectivity index (χ1n) is 7.08. The van der Waals surface area contributed by atoms with Crippen LogP contribution >= 0.6 is 0 Å². The molecule has 0 radical (unpaired) electrons. The second-order valence-electron chi connectivity index (χ2n) is 5.31. The summed E-state index contributed by atoms with van der Waals surface area (Å²) in [4.78, 5) is 12.3. The summed E-state index contributed by atoms with van der Waals surface area (Å²) in [5, 5.41) is 24.7. The monoisotopic (exact) mass is 294 g/mol. The van der Waals surface area contributed by atoms with Crippen LogP contribution in [0.1, 0.15) is 30.5 Å². The Kier molecular flexibility index (Phi) is 3.30. The molecule has 1 aromatic rings. The second-order valence-corrected chi connectivity index (χ2v) is 5.31. The molecule has 6 nitrogen and oxygen atoms in total. The molecular weight excluding hydrogens is 280 g/mol. The maximum absolute atomic E-state index is 12.3. The third kappa shape index (κ3) is 1.85. The van der Waals surface area contributed by atoms with E-state index in [0.717, 1.165) is 11.1 Å². The van der Waals surface area contributed by atoms with Gasteiger partial charge in [0.2, 0.25) is 5.54 Å². The molecule has 2 heterocycles. The molecule has 1 saturated heterocycles. The van der Waals surface area contributed by atoms with Crippen LogP contribution in [-0.2, 0) is 9.53 Å². The van der Waals surface area contributed by atoms with Gasteiger partial charge in [0.05, 0.1) is 24.8 Å². The molecule has 3 rings (SSSR count). The normalized spacial score (nSPS) is 23.9. The van der Waals surface area contributed by atoms with Gasteiger partial charge in [0, 0.05) is 6.42 Å². The number of rotatable bonds is 2. The maximum atomic E-state index is 12.3. The lowest BCUT2D eigenvalue weighted by Gasteiger charge is -2.33. The van der Waals surface area contributed by atoms with Crippen LogP contribution in [0.25, 0.3) is 0 Å². The number of nitriles is 2. The van der Waals surface area contributed by atoms with Gasteiger partial charge in [0.1, 0.15) is 12.1 Å². The summed E-state index contributed by atoms with van der Waals surface area (Å²) in [5.41, 5.74) is 0.346. The van der Waals surface area contributed by atoms with Gasteiger partial charge >= 0.3 is 5.97 Å². The van der Waals surface area contributed by atoms with Crippen LogP contribution in [0.4, 0.5) is 0 Å². The predicted molar refractivity (Wildman–Crippen MR) is 77.3 cm³/mol. The Balaban J connectivity index is 2.12. The summed E-state index contributed by atoms with van der Waals surface area (Å²) in [6.45, 7) is 2.00. The van der Waals surface area contributed by atoms with Crippen LogP contribution in [0.2, 0.25) is 0 Å². The van der Waals surface area contributed by atoms with Gasteiger partial charge in [-0.25, -0.2) is 0 Å². The molecule has 2 aliphatic rings. The Bertz CT molecular complexity index is 714. The fourth-order valence-electron chi connectivity index (χ4n) is 3.15.